The van der Waals surface area contributed by atoms with Crippen molar-refractivity contribution in [3.8, 4) is 0 Å². The zero-order chi connectivity index (χ0) is 17.5. The van der Waals surface area contributed by atoms with E-state index in [1.54, 1.807) is 0 Å². The van der Waals surface area contributed by atoms with Gasteiger partial charge in [-0.2, -0.15) is 0 Å². The van der Waals surface area contributed by atoms with Crippen LogP contribution in [0.1, 0.15) is 49.7 Å². The second-order valence-electron chi connectivity index (χ2n) is 6.52. The normalized spacial score (nSPS) is 13.9. The fourth-order valence-electron chi connectivity index (χ4n) is 3.38. The smallest absolute Gasteiger partial charge is 0.131 e. The Hall–Kier alpha value is -1.50. The molecule has 0 atom stereocenters. The van der Waals surface area contributed by atoms with E-state index in [2.05, 4.69) is 21.8 Å². The number of nitrogens with zero attached hydrogens (tertiary/aromatic N) is 3. The molecule has 0 bridgehead atoms. The number of aliphatic hydroxyl groups is 2. The number of aromatic nitrogens is 2. The Balaban J connectivity index is 1.82. The molecule has 0 spiro atoms. The molecule has 0 saturated heterocycles. The largest absolute Gasteiger partial charge is 0.395 e. The molecule has 0 saturated carbocycles. The van der Waals surface area contributed by atoms with Crippen molar-refractivity contribution in [3.63, 3.8) is 0 Å². The van der Waals surface area contributed by atoms with Crippen molar-refractivity contribution in [2.45, 2.75) is 46.0 Å². The Kier molecular flexibility index (Phi) is 7.15. The summed E-state index contributed by atoms with van der Waals surface area (Å²) in [7, 11) is 0. The first-order valence-electron chi connectivity index (χ1n) is 8.82. The van der Waals surface area contributed by atoms with Gasteiger partial charge in [0.25, 0.3) is 0 Å². The average molecular weight is 334 g/mol. The first-order chi connectivity index (χ1) is 11.6. The van der Waals surface area contributed by atoms with Gasteiger partial charge in [0.2, 0.25) is 0 Å². The van der Waals surface area contributed by atoms with Gasteiger partial charge in [-0.1, -0.05) is 12.0 Å². The molecule has 1 aromatic rings. The van der Waals surface area contributed by atoms with Crippen molar-refractivity contribution in [1.29, 1.82) is 0 Å². The van der Waals surface area contributed by atoms with Crippen LogP contribution in [0.4, 0.5) is 5.82 Å². The van der Waals surface area contributed by atoms with Crippen LogP contribution >= 0.6 is 0 Å². The minimum absolute atomic E-state index is 0.142. The molecule has 0 radical (unpaired) electrons. The Morgan fingerprint density at radius 2 is 1.71 bits per heavy atom. The van der Waals surface area contributed by atoms with Crippen LogP contribution in [0.3, 0.4) is 0 Å². The third kappa shape index (κ3) is 4.75. The molecule has 24 heavy (non-hydrogen) atoms. The van der Waals surface area contributed by atoms with Gasteiger partial charge in [-0.3, -0.25) is 4.90 Å². The summed E-state index contributed by atoms with van der Waals surface area (Å²) in [5.41, 5.74) is 10.9. The maximum Gasteiger partial charge on any atom is 0.131 e. The maximum absolute atomic E-state index is 9.02. The van der Waals surface area contributed by atoms with Gasteiger partial charge in [-0.25, -0.2) is 9.97 Å². The van der Waals surface area contributed by atoms with Crippen LogP contribution in [0.2, 0.25) is 0 Å². The van der Waals surface area contributed by atoms with Gasteiger partial charge >= 0.3 is 0 Å². The van der Waals surface area contributed by atoms with Crippen molar-refractivity contribution in [3.05, 3.63) is 22.7 Å². The summed E-state index contributed by atoms with van der Waals surface area (Å²) >= 11 is 0. The number of aryl methyl sites for hydroxylation is 1. The first-order valence-corrected chi connectivity index (χ1v) is 8.82. The summed E-state index contributed by atoms with van der Waals surface area (Å²) in [6.45, 7) is 6.52. The summed E-state index contributed by atoms with van der Waals surface area (Å²) in [6, 6.07) is 0. The van der Waals surface area contributed by atoms with Gasteiger partial charge in [0.15, 0.2) is 0 Å². The van der Waals surface area contributed by atoms with Crippen LogP contribution in [0.25, 0.3) is 5.57 Å². The number of aliphatic hydroxyl groups excluding tert-OH is 2. The standard InChI is InChI=1S/C18H30N4O2/c1-13-12-16-17(20-14(2)21-18(16)19)15(13)6-4-3-5-7-22(8-10-23)9-11-24/h23-24H,3-12H2,1-2H3,(H2,19,20,21). The van der Waals surface area contributed by atoms with E-state index in [0.717, 1.165) is 55.7 Å². The molecular weight excluding hydrogens is 304 g/mol. The lowest BCUT2D eigenvalue weighted by molar-refractivity contribution is 0.159. The Morgan fingerprint density at radius 3 is 2.38 bits per heavy atom. The number of anilines is 1. The van der Waals surface area contributed by atoms with Crippen molar-refractivity contribution in [1.82, 2.24) is 14.9 Å². The monoisotopic (exact) mass is 334 g/mol. The first kappa shape index (κ1) is 18.8. The van der Waals surface area contributed by atoms with Crippen molar-refractivity contribution >= 4 is 11.4 Å². The minimum atomic E-state index is 0.142. The maximum atomic E-state index is 9.02. The van der Waals surface area contributed by atoms with E-state index in [1.165, 1.54) is 11.1 Å². The average Bonchev–Trinajstić information content (AvgIpc) is 2.84. The molecule has 6 heteroatoms. The molecule has 6 nitrogen and oxygen atoms in total. The lowest BCUT2D eigenvalue weighted by Gasteiger charge is -2.19. The number of hydrogen-bond acceptors (Lipinski definition) is 6. The van der Waals surface area contributed by atoms with Gasteiger partial charge in [0.1, 0.15) is 11.6 Å². The van der Waals surface area contributed by atoms with E-state index in [0.29, 0.717) is 18.9 Å². The van der Waals surface area contributed by atoms with E-state index in [1.807, 2.05) is 6.92 Å². The number of nitrogen functional groups attached to an aromatic ring is 1. The van der Waals surface area contributed by atoms with E-state index >= 15 is 0 Å². The third-order valence-corrected chi connectivity index (χ3v) is 4.63. The Bertz CT molecular complexity index is 581. The number of nitrogens with two attached hydrogens (primary N) is 1. The minimum Gasteiger partial charge on any atom is -0.395 e. The molecule has 1 aliphatic carbocycles. The van der Waals surface area contributed by atoms with Crippen LogP contribution in [0, 0.1) is 6.92 Å². The number of hydrogen-bond donors (Lipinski definition) is 3. The van der Waals surface area contributed by atoms with Crippen LogP contribution in [0.5, 0.6) is 0 Å². The highest BCUT2D eigenvalue weighted by Crippen LogP contribution is 2.36. The van der Waals surface area contributed by atoms with E-state index in [4.69, 9.17) is 15.9 Å². The summed E-state index contributed by atoms with van der Waals surface area (Å²) in [4.78, 5) is 11.0. The number of fused-ring (bicyclic) bond motifs is 1. The Morgan fingerprint density at radius 1 is 1.00 bits per heavy atom. The molecule has 0 aromatic carbocycles. The molecule has 4 N–H and O–H groups in total. The molecule has 1 aromatic heterocycles. The summed E-state index contributed by atoms with van der Waals surface area (Å²) in [5.74, 6) is 1.36. The fourth-order valence-corrected chi connectivity index (χ4v) is 3.38. The molecule has 134 valence electrons. The van der Waals surface area contributed by atoms with Crippen molar-refractivity contribution in [2.24, 2.45) is 0 Å². The van der Waals surface area contributed by atoms with E-state index < -0.39 is 0 Å². The predicted octanol–water partition coefficient (Wildman–Crippen LogP) is 1.54. The fraction of sp³-hybridized carbons (Fsp3) is 0.667. The van der Waals surface area contributed by atoms with Gasteiger partial charge in [-0.15, -0.1) is 0 Å². The molecule has 1 heterocycles. The summed E-state index contributed by atoms with van der Waals surface area (Å²) in [5, 5.41) is 18.0. The second-order valence-corrected chi connectivity index (χ2v) is 6.52. The molecule has 0 unspecified atom stereocenters. The quantitative estimate of drug-likeness (QED) is 0.562. The Labute approximate surface area is 144 Å². The third-order valence-electron chi connectivity index (χ3n) is 4.63. The lowest BCUT2D eigenvalue weighted by atomic mass is 10.0. The highest BCUT2D eigenvalue weighted by Gasteiger charge is 2.23. The van der Waals surface area contributed by atoms with E-state index in [-0.39, 0.29) is 13.2 Å². The highest BCUT2D eigenvalue weighted by molar-refractivity contribution is 5.76. The SMILES string of the molecule is CC1=C(CCCCCN(CCO)CCO)c2nc(C)nc(N)c2C1. The van der Waals surface area contributed by atoms with Crippen LogP contribution < -0.4 is 5.73 Å². The molecule has 0 amide bonds. The van der Waals surface area contributed by atoms with E-state index in [9.17, 15) is 0 Å². The number of rotatable bonds is 10. The zero-order valence-corrected chi connectivity index (χ0v) is 14.9. The van der Waals surface area contributed by atoms with Crippen molar-refractivity contribution < 1.29 is 10.2 Å². The topological polar surface area (TPSA) is 95.5 Å². The predicted molar refractivity (Wildman–Crippen MR) is 96.6 cm³/mol. The van der Waals surface area contributed by atoms with Gasteiger partial charge in [0, 0.05) is 18.7 Å². The summed E-state index contributed by atoms with van der Waals surface area (Å²) < 4.78 is 0. The lowest BCUT2D eigenvalue weighted by Crippen LogP contribution is -2.30. The van der Waals surface area contributed by atoms with Gasteiger partial charge in [-0.05, 0) is 51.6 Å². The molecule has 0 aliphatic heterocycles. The number of unbranched alkanes of at least 4 members (excludes halogenated alkanes) is 2. The summed E-state index contributed by atoms with van der Waals surface area (Å²) in [6.07, 6.45) is 5.20. The molecule has 2 rings (SSSR count). The highest BCUT2D eigenvalue weighted by atomic mass is 16.3. The molecule has 0 fully saturated rings. The molecule has 1 aliphatic rings. The van der Waals surface area contributed by atoms with Gasteiger partial charge < -0.3 is 15.9 Å². The van der Waals surface area contributed by atoms with Crippen LogP contribution in [-0.2, 0) is 6.42 Å². The van der Waals surface area contributed by atoms with Crippen LogP contribution in [-0.4, -0.2) is 57.9 Å². The number of allylic oxidation sites excluding steroid dienone is 2. The molecular formula is C18H30N4O2. The van der Waals surface area contributed by atoms with Crippen LogP contribution in [0.15, 0.2) is 5.57 Å². The zero-order valence-electron chi connectivity index (χ0n) is 14.9. The van der Waals surface area contributed by atoms with Gasteiger partial charge in [0.05, 0.1) is 18.9 Å². The van der Waals surface area contributed by atoms with Crippen molar-refractivity contribution in [2.75, 3.05) is 38.6 Å². The second kappa shape index (κ2) is 9.11.